The Kier molecular flexibility index (Phi) is 6.69. The van der Waals surface area contributed by atoms with Crippen LogP contribution >= 0.6 is 0 Å². The smallest absolute Gasteiger partial charge is 0.311 e. The van der Waals surface area contributed by atoms with Crippen LogP contribution in [-0.4, -0.2) is 38.5 Å². The normalized spacial score (nSPS) is 12.8. The van der Waals surface area contributed by atoms with E-state index in [1.807, 2.05) is 24.3 Å². The van der Waals surface area contributed by atoms with Gasteiger partial charge in [0.1, 0.15) is 12.3 Å². The van der Waals surface area contributed by atoms with Crippen molar-refractivity contribution in [1.82, 2.24) is 5.32 Å². The Morgan fingerprint density at radius 3 is 2.67 bits per heavy atom. The highest BCUT2D eigenvalue weighted by Gasteiger charge is 2.24. The van der Waals surface area contributed by atoms with E-state index in [9.17, 15) is 14.4 Å². The number of anilines is 2. The molecule has 3 rings (SSSR count). The summed E-state index contributed by atoms with van der Waals surface area (Å²) in [5, 5.41) is 5.90. The molecule has 0 bridgehead atoms. The molecule has 0 aromatic heterocycles. The molecule has 1 heterocycles. The van der Waals surface area contributed by atoms with Gasteiger partial charge in [-0.25, -0.2) is 0 Å². The summed E-state index contributed by atoms with van der Waals surface area (Å²) in [7, 11) is 2.87. The first-order valence-electron chi connectivity index (χ1n) is 9.34. The van der Waals surface area contributed by atoms with Gasteiger partial charge in [-0.15, -0.1) is 0 Å². The second-order valence-electron chi connectivity index (χ2n) is 6.62. The third-order valence-corrected chi connectivity index (χ3v) is 4.54. The molecule has 0 unspecified atom stereocenters. The Hall–Kier alpha value is -3.81. The zero-order valence-corrected chi connectivity index (χ0v) is 16.8. The Balaban J connectivity index is 1.74. The van der Waals surface area contributed by atoms with E-state index in [-0.39, 0.29) is 18.9 Å². The van der Waals surface area contributed by atoms with Crippen molar-refractivity contribution in [3.63, 3.8) is 0 Å². The number of hydrogen-bond acceptors (Lipinski definition) is 6. The van der Waals surface area contributed by atoms with Gasteiger partial charge in [0.15, 0.2) is 0 Å². The Morgan fingerprint density at radius 2 is 1.90 bits per heavy atom. The molecule has 0 saturated carbocycles. The summed E-state index contributed by atoms with van der Waals surface area (Å²) in [6, 6.07) is 14.5. The molecule has 8 nitrogen and oxygen atoms in total. The average molecular weight is 409 g/mol. The number of rotatable bonds is 7. The van der Waals surface area contributed by atoms with Crippen LogP contribution in [0.2, 0.25) is 0 Å². The molecule has 1 aliphatic heterocycles. The average Bonchev–Trinajstić information content (AvgIpc) is 2.88. The number of methoxy groups -OCH3 is 2. The number of esters is 1. The Morgan fingerprint density at radius 1 is 1.10 bits per heavy atom. The number of hydrogen-bond donors (Lipinski definition) is 2. The van der Waals surface area contributed by atoms with Crippen molar-refractivity contribution in [2.24, 2.45) is 0 Å². The second kappa shape index (κ2) is 9.60. The first-order valence-corrected chi connectivity index (χ1v) is 9.34. The fraction of sp³-hybridized carbons (Fsp3) is 0.227. The van der Waals surface area contributed by atoms with Crippen molar-refractivity contribution in [2.75, 3.05) is 31.0 Å². The third-order valence-electron chi connectivity index (χ3n) is 4.54. The van der Waals surface area contributed by atoms with Crippen molar-refractivity contribution in [3.05, 3.63) is 65.9 Å². The van der Waals surface area contributed by atoms with Crippen LogP contribution in [0.5, 0.6) is 5.75 Å². The van der Waals surface area contributed by atoms with Gasteiger partial charge in [0, 0.05) is 18.3 Å². The molecule has 2 aromatic rings. The number of carbonyl (C=O) groups excluding carboxylic acids is 3. The minimum atomic E-state index is -0.469. The van der Waals surface area contributed by atoms with Crippen LogP contribution in [0.1, 0.15) is 12.0 Å². The summed E-state index contributed by atoms with van der Waals surface area (Å²) in [6.07, 6.45) is 1.23. The molecule has 1 aliphatic rings. The number of nitrogens with one attached hydrogen (secondary N) is 2. The van der Waals surface area contributed by atoms with Crippen molar-refractivity contribution in [2.45, 2.75) is 13.0 Å². The molecule has 8 heteroatoms. The molecule has 0 atom stereocenters. The van der Waals surface area contributed by atoms with E-state index >= 15 is 0 Å². The van der Waals surface area contributed by atoms with Gasteiger partial charge in [-0.3, -0.25) is 19.3 Å². The number of para-hydroxylation sites is 2. The van der Waals surface area contributed by atoms with Crippen LogP contribution in [0.25, 0.3) is 0 Å². The van der Waals surface area contributed by atoms with E-state index in [2.05, 4.69) is 15.4 Å². The molecule has 2 aromatic carbocycles. The standard InChI is InChI=1S/C22H23N3O5/c1-29-17-7-5-6-15(10-17)13-23-20(26)14-25-19-9-4-3-8-18(19)24-16(11-21(25)27)12-22(28)30-2/h3-11,24H,12-14H2,1-2H3,(H,23,26). The number of nitrogens with zero attached hydrogens (tertiary/aromatic N) is 1. The largest absolute Gasteiger partial charge is 0.497 e. The summed E-state index contributed by atoms with van der Waals surface area (Å²) < 4.78 is 9.86. The van der Waals surface area contributed by atoms with Crippen LogP contribution in [-0.2, 0) is 25.7 Å². The summed E-state index contributed by atoms with van der Waals surface area (Å²) >= 11 is 0. The molecule has 0 saturated heterocycles. The van der Waals surface area contributed by atoms with Gasteiger partial charge in [-0.2, -0.15) is 0 Å². The van der Waals surface area contributed by atoms with Gasteiger partial charge in [-0.1, -0.05) is 24.3 Å². The van der Waals surface area contributed by atoms with E-state index in [1.54, 1.807) is 31.4 Å². The van der Waals surface area contributed by atoms with Crippen molar-refractivity contribution < 1.29 is 23.9 Å². The highest BCUT2D eigenvalue weighted by Crippen LogP contribution is 2.30. The molecule has 0 fully saturated rings. The molecule has 2 amide bonds. The number of benzene rings is 2. The van der Waals surface area contributed by atoms with Gasteiger partial charge in [0.2, 0.25) is 5.91 Å². The van der Waals surface area contributed by atoms with Crippen LogP contribution in [0.4, 0.5) is 11.4 Å². The maximum absolute atomic E-state index is 12.8. The summed E-state index contributed by atoms with van der Waals surface area (Å²) in [5.74, 6) is -0.482. The summed E-state index contributed by atoms with van der Waals surface area (Å²) in [6.45, 7) is 0.144. The number of carbonyl (C=O) groups is 3. The Labute approximate surface area is 174 Å². The highest BCUT2D eigenvalue weighted by molar-refractivity contribution is 6.09. The molecular weight excluding hydrogens is 386 g/mol. The molecule has 0 radical (unpaired) electrons. The number of ether oxygens (including phenoxy) is 2. The molecule has 2 N–H and O–H groups in total. The van der Waals surface area contributed by atoms with Crippen LogP contribution in [0.15, 0.2) is 60.3 Å². The van der Waals surface area contributed by atoms with Gasteiger partial charge in [-0.05, 0) is 29.8 Å². The lowest BCUT2D eigenvalue weighted by molar-refractivity contribution is -0.139. The van der Waals surface area contributed by atoms with Crippen molar-refractivity contribution in [1.29, 1.82) is 0 Å². The predicted octanol–water partition coefficient (Wildman–Crippen LogP) is 2.22. The maximum atomic E-state index is 12.8. The van der Waals surface area contributed by atoms with Gasteiger partial charge < -0.3 is 20.1 Å². The zero-order valence-electron chi connectivity index (χ0n) is 16.8. The van der Waals surface area contributed by atoms with Crippen LogP contribution < -0.4 is 20.3 Å². The van der Waals surface area contributed by atoms with E-state index in [1.165, 1.54) is 18.1 Å². The lowest BCUT2D eigenvalue weighted by atomic mass is 10.2. The monoisotopic (exact) mass is 409 g/mol. The minimum Gasteiger partial charge on any atom is -0.497 e. The number of fused-ring (bicyclic) bond motifs is 1. The molecule has 156 valence electrons. The molecular formula is C22H23N3O5. The molecule has 0 aliphatic carbocycles. The highest BCUT2D eigenvalue weighted by atomic mass is 16.5. The minimum absolute atomic E-state index is 0.0769. The van der Waals surface area contributed by atoms with E-state index in [0.717, 1.165) is 5.56 Å². The van der Waals surface area contributed by atoms with Gasteiger partial charge >= 0.3 is 5.97 Å². The first kappa shape index (κ1) is 20.9. The second-order valence-corrected chi connectivity index (χ2v) is 6.62. The molecule has 30 heavy (non-hydrogen) atoms. The van der Waals surface area contributed by atoms with E-state index in [4.69, 9.17) is 4.74 Å². The topological polar surface area (TPSA) is 97.0 Å². The van der Waals surface area contributed by atoms with Crippen LogP contribution in [0, 0.1) is 0 Å². The number of amides is 2. The van der Waals surface area contributed by atoms with Gasteiger partial charge in [0.25, 0.3) is 5.91 Å². The van der Waals surface area contributed by atoms with E-state index < -0.39 is 11.9 Å². The zero-order chi connectivity index (χ0) is 21.5. The van der Waals surface area contributed by atoms with E-state index in [0.29, 0.717) is 29.4 Å². The SMILES string of the molecule is COC(=O)CC1=CC(=O)N(CC(=O)NCc2cccc(OC)c2)c2ccccc2N1. The van der Waals surface area contributed by atoms with Crippen molar-refractivity contribution >= 4 is 29.2 Å². The van der Waals surface area contributed by atoms with Gasteiger partial charge in [0.05, 0.1) is 32.0 Å². The van der Waals surface area contributed by atoms with Crippen LogP contribution in [0.3, 0.4) is 0 Å². The summed E-state index contributed by atoms with van der Waals surface area (Å²) in [4.78, 5) is 38.4. The lowest BCUT2D eigenvalue weighted by Crippen LogP contribution is -2.39. The Bertz CT molecular complexity index is 986. The molecule has 0 spiro atoms. The fourth-order valence-electron chi connectivity index (χ4n) is 3.04. The lowest BCUT2D eigenvalue weighted by Gasteiger charge is -2.21. The summed E-state index contributed by atoms with van der Waals surface area (Å²) in [5.41, 5.74) is 2.46. The first-order chi connectivity index (χ1) is 14.5. The predicted molar refractivity (Wildman–Crippen MR) is 112 cm³/mol. The maximum Gasteiger partial charge on any atom is 0.311 e. The third kappa shape index (κ3) is 5.16. The fourth-order valence-corrected chi connectivity index (χ4v) is 3.04. The van der Waals surface area contributed by atoms with Crippen molar-refractivity contribution in [3.8, 4) is 5.75 Å². The quantitative estimate of drug-likeness (QED) is 0.681.